The van der Waals surface area contributed by atoms with Crippen molar-refractivity contribution in [3.05, 3.63) is 0 Å². The number of carbonyl (C=O) groups is 1. The van der Waals surface area contributed by atoms with Crippen LogP contribution in [0.1, 0.15) is 51.9 Å². The second-order valence-corrected chi connectivity index (χ2v) is 5.24. The van der Waals surface area contributed by atoms with E-state index in [9.17, 15) is 4.79 Å². The average Bonchev–Trinajstić information content (AvgIpc) is 2.79. The third-order valence-corrected chi connectivity index (χ3v) is 4.33. The molecule has 2 fully saturated rings. The second kappa shape index (κ2) is 4.12. The largest absolute Gasteiger partial charge is 0.480 e. The molecular weight excluding hydrogens is 190 g/mol. The van der Waals surface area contributed by atoms with Crippen LogP contribution >= 0.6 is 0 Å². The van der Waals surface area contributed by atoms with Crippen molar-refractivity contribution < 1.29 is 9.90 Å². The van der Waals surface area contributed by atoms with E-state index in [-0.39, 0.29) is 0 Å². The van der Waals surface area contributed by atoms with Gasteiger partial charge in [0.1, 0.15) is 6.04 Å². The van der Waals surface area contributed by atoms with Crippen LogP contribution in [0.2, 0.25) is 0 Å². The Labute approximate surface area is 91.2 Å². The fourth-order valence-electron chi connectivity index (χ4n) is 3.45. The molecule has 0 aromatic carbocycles. The Balaban J connectivity index is 1.99. The highest BCUT2D eigenvalue weighted by atomic mass is 16.4. The molecule has 0 radical (unpaired) electrons. The lowest BCUT2D eigenvalue weighted by atomic mass is 9.80. The Kier molecular flexibility index (Phi) is 3.01. The van der Waals surface area contributed by atoms with Crippen molar-refractivity contribution in [1.82, 2.24) is 5.32 Å². The van der Waals surface area contributed by atoms with E-state index >= 15 is 0 Å². The van der Waals surface area contributed by atoms with Gasteiger partial charge in [-0.1, -0.05) is 19.3 Å². The van der Waals surface area contributed by atoms with Crippen molar-refractivity contribution in [2.75, 3.05) is 0 Å². The van der Waals surface area contributed by atoms with Crippen LogP contribution in [0.4, 0.5) is 0 Å². The topological polar surface area (TPSA) is 49.3 Å². The molecule has 1 unspecified atom stereocenters. The van der Waals surface area contributed by atoms with Gasteiger partial charge in [-0.2, -0.15) is 0 Å². The smallest absolute Gasteiger partial charge is 0.320 e. The van der Waals surface area contributed by atoms with E-state index in [1.165, 1.54) is 38.5 Å². The summed E-state index contributed by atoms with van der Waals surface area (Å²) in [6.45, 7) is 1.75. The molecule has 2 N–H and O–H groups in total. The van der Waals surface area contributed by atoms with Gasteiger partial charge in [0.05, 0.1) is 0 Å². The highest BCUT2D eigenvalue weighted by Crippen LogP contribution is 2.50. The summed E-state index contributed by atoms with van der Waals surface area (Å²) in [5.74, 6) is -0.727. The van der Waals surface area contributed by atoms with E-state index in [0.29, 0.717) is 11.5 Å². The fourth-order valence-corrected chi connectivity index (χ4v) is 3.45. The first kappa shape index (κ1) is 10.9. The quantitative estimate of drug-likeness (QED) is 0.752. The lowest BCUT2D eigenvalue weighted by Crippen LogP contribution is -2.47. The Bertz CT molecular complexity index is 240. The number of carboxylic acid groups (broad SMARTS) is 1. The van der Waals surface area contributed by atoms with Crippen LogP contribution in [0, 0.1) is 5.41 Å². The Morgan fingerprint density at radius 2 is 1.93 bits per heavy atom. The minimum absolute atomic E-state index is 0.398. The van der Waals surface area contributed by atoms with Gasteiger partial charge < -0.3 is 10.4 Å². The Morgan fingerprint density at radius 1 is 1.33 bits per heavy atom. The zero-order valence-corrected chi connectivity index (χ0v) is 9.46. The first-order chi connectivity index (χ1) is 7.14. The molecule has 0 aromatic heterocycles. The van der Waals surface area contributed by atoms with Gasteiger partial charge in [0.15, 0.2) is 0 Å². The lowest BCUT2D eigenvalue weighted by molar-refractivity contribution is -0.139. The number of hydrogen-bond donors (Lipinski definition) is 2. The van der Waals surface area contributed by atoms with Gasteiger partial charge in [-0.05, 0) is 38.0 Å². The molecule has 0 saturated heterocycles. The molecule has 3 heteroatoms. The number of carboxylic acids is 1. The highest BCUT2D eigenvalue weighted by molar-refractivity contribution is 5.72. The van der Waals surface area contributed by atoms with Gasteiger partial charge in [0.2, 0.25) is 0 Å². The predicted molar refractivity (Wildman–Crippen MR) is 58.8 cm³/mol. The zero-order chi connectivity index (χ0) is 10.9. The first-order valence-electron chi connectivity index (χ1n) is 6.13. The molecule has 2 atom stereocenters. The minimum atomic E-state index is -0.727. The number of rotatable bonds is 3. The fraction of sp³-hybridized carbons (Fsp3) is 0.917. The summed E-state index contributed by atoms with van der Waals surface area (Å²) in [6.07, 6.45) is 9.01. The summed E-state index contributed by atoms with van der Waals surface area (Å²) in [6, 6.07) is 0.0525. The molecule has 0 aromatic rings. The van der Waals surface area contributed by atoms with E-state index in [1.54, 1.807) is 6.92 Å². The van der Waals surface area contributed by atoms with Gasteiger partial charge in [0, 0.05) is 6.04 Å². The van der Waals surface area contributed by atoms with E-state index in [1.807, 2.05) is 0 Å². The van der Waals surface area contributed by atoms with Crippen molar-refractivity contribution in [2.24, 2.45) is 5.41 Å². The number of aliphatic carboxylic acids is 1. The van der Waals surface area contributed by atoms with Crippen LogP contribution in [-0.4, -0.2) is 23.2 Å². The molecule has 0 aliphatic heterocycles. The van der Waals surface area contributed by atoms with Crippen LogP contribution in [-0.2, 0) is 4.79 Å². The van der Waals surface area contributed by atoms with Crippen LogP contribution in [0.25, 0.3) is 0 Å². The molecule has 1 spiro atoms. The summed E-state index contributed by atoms with van der Waals surface area (Å²) < 4.78 is 0. The predicted octanol–water partition coefficient (Wildman–Crippen LogP) is 2.16. The summed E-state index contributed by atoms with van der Waals surface area (Å²) in [5.41, 5.74) is 0.448. The summed E-state index contributed by atoms with van der Waals surface area (Å²) >= 11 is 0. The zero-order valence-electron chi connectivity index (χ0n) is 9.46. The summed E-state index contributed by atoms with van der Waals surface area (Å²) in [7, 11) is 0. The molecule has 86 valence electrons. The van der Waals surface area contributed by atoms with Gasteiger partial charge in [-0.15, -0.1) is 0 Å². The molecule has 0 amide bonds. The number of hydrogen-bond acceptors (Lipinski definition) is 2. The minimum Gasteiger partial charge on any atom is -0.480 e. The van der Waals surface area contributed by atoms with Gasteiger partial charge in [0.25, 0.3) is 0 Å². The SMILES string of the molecule is C[C@H](NC1CCCC12CCCC2)C(=O)O. The third kappa shape index (κ3) is 2.03. The lowest BCUT2D eigenvalue weighted by Gasteiger charge is -2.33. The van der Waals surface area contributed by atoms with E-state index in [4.69, 9.17) is 5.11 Å². The maximum Gasteiger partial charge on any atom is 0.320 e. The van der Waals surface area contributed by atoms with Crippen molar-refractivity contribution in [3.63, 3.8) is 0 Å². The van der Waals surface area contributed by atoms with Crippen LogP contribution < -0.4 is 5.32 Å². The van der Waals surface area contributed by atoms with Crippen molar-refractivity contribution in [2.45, 2.75) is 64.0 Å². The van der Waals surface area contributed by atoms with Gasteiger partial charge in [-0.3, -0.25) is 4.79 Å². The molecule has 15 heavy (non-hydrogen) atoms. The van der Waals surface area contributed by atoms with E-state index in [0.717, 1.165) is 6.42 Å². The van der Waals surface area contributed by atoms with E-state index < -0.39 is 12.0 Å². The maximum atomic E-state index is 10.8. The Morgan fingerprint density at radius 3 is 2.53 bits per heavy atom. The van der Waals surface area contributed by atoms with Gasteiger partial charge in [-0.25, -0.2) is 0 Å². The molecule has 2 aliphatic rings. The van der Waals surface area contributed by atoms with Crippen molar-refractivity contribution in [1.29, 1.82) is 0 Å². The highest BCUT2D eigenvalue weighted by Gasteiger charge is 2.45. The number of nitrogens with one attached hydrogen (secondary N) is 1. The molecule has 0 heterocycles. The molecule has 0 bridgehead atoms. The normalized spacial score (nSPS) is 30.9. The molecule has 3 nitrogen and oxygen atoms in total. The van der Waals surface area contributed by atoms with Crippen LogP contribution in [0.15, 0.2) is 0 Å². The van der Waals surface area contributed by atoms with Crippen molar-refractivity contribution >= 4 is 5.97 Å². The van der Waals surface area contributed by atoms with Crippen LogP contribution in [0.3, 0.4) is 0 Å². The molecule has 2 rings (SSSR count). The standard InChI is InChI=1S/C12H21NO2/c1-9(11(14)15)13-10-5-4-8-12(10)6-2-3-7-12/h9-10,13H,2-8H2,1H3,(H,14,15)/t9-,10?/m0/s1. The van der Waals surface area contributed by atoms with E-state index in [2.05, 4.69) is 5.32 Å². The maximum absolute atomic E-state index is 10.8. The monoisotopic (exact) mass is 211 g/mol. The third-order valence-electron chi connectivity index (χ3n) is 4.33. The molecular formula is C12H21NO2. The first-order valence-corrected chi connectivity index (χ1v) is 6.13. The summed E-state index contributed by atoms with van der Waals surface area (Å²) in [5, 5.41) is 12.2. The second-order valence-electron chi connectivity index (χ2n) is 5.24. The summed E-state index contributed by atoms with van der Waals surface area (Å²) in [4.78, 5) is 10.8. The van der Waals surface area contributed by atoms with Crippen molar-refractivity contribution in [3.8, 4) is 0 Å². The average molecular weight is 211 g/mol. The van der Waals surface area contributed by atoms with Gasteiger partial charge >= 0.3 is 5.97 Å². The van der Waals surface area contributed by atoms with Crippen LogP contribution in [0.5, 0.6) is 0 Å². The Hall–Kier alpha value is -0.570. The molecule has 2 aliphatic carbocycles. The molecule has 2 saturated carbocycles.